The Bertz CT molecular complexity index is 351. The summed E-state index contributed by atoms with van der Waals surface area (Å²) in [5, 5.41) is 0.216. The molecule has 0 N–H and O–H groups in total. The number of terminal acetylenes is 1. The van der Waals surface area contributed by atoms with Crippen LogP contribution in [0.5, 0.6) is 0 Å². The zero-order valence-electron chi connectivity index (χ0n) is 14.8. The van der Waals surface area contributed by atoms with Gasteiger partial charge >= 0.3 is 0 Å². The van der Waals surface area contributed by atoms with Crippen molar-refractivity contribution in [3.63, 3.8) is 0 Å². The average Bonchev–Trinajstić information content (AvgIpc) is 2.25. The van der Waals surface area contributed by atoms with Crippen LogP contribution in [0.4, 0.5) is 0 Å². The molecule has 20 heavy (non-hydrogen) atoms. The van der Waals surface area contributed by atoms with Crippen LogP contribution in [0.25, 0.3) is 0 Å². The van der Waals surface area contributed by atoms with Crippen molar-refractivity contribution >= 4 is 8.32 Å². The fourth-order valence-corrected chi connectivity index (χ4v) is 3.05. The van der Waals surface area contributed by atoms with Crippen molar-refractivity contribution < 1.29 is 4.43 Å². The van der Waals surface area contributed by atoms with Crippen molar-refractivity contribution in [3.05, 3.63) is 11.6 Å². The van der Waals surface area contributed by atoms with Crippen LogP contribution in [0, 0.1) is 18.3 Å². The Kier molecular flexibility index (Phi) is 7.84. The van der Waals surface area contributed by atoms with E-state index in [1.807, 2.05) is 0 Å². The minimum Gasteiger partial charge on any atom is -0.403 e. The van der Waals surface area contributed by atoms with Gasteiger partial charge in [0.25, 0.3) is 0 Å². The highest BCUT2D eigenvalue weighted by molar-refractivity contribution is 6.74. The van der Waals surface area contributed by atoms with E-state index in [0.29, 0.717) is 5.92 Å². The molecule has 0 radical (unpaired) electrons. The lowest BCUT2D eigenvalue weighted by molar-refractivity contribution is 0.200. The summed E-state index contributed by atoms with van der Waals surface area (Å²) in [5.41, 5.74) is 1.39. The van der Waals surface area contributed by atoms with Crippen molar-refractivity contribution in [3.8, 4) is 12.3 Å². The van der Waals surface area contributed by atoms with Crippen molar-refractivity contribution in [2.75, 3.05) is 0 Å². The lowest BCUT2D eigenvalue weighted by atomic mass is 9.98. The van der Waals surface area contributed by atoms with Crippen LogP contribution in [0.3, 0.4) is 0 Å². The van der Waals surface area contributed by atoms with Crippen LogP contribution in [-0.4, -0.2) is 14.4 Å². The average molecular weight is 295 g/mol. The third-order valence-corrected chi connectivity index (χ3v) is 8.74. The maximum atomic E-state index is 6.34. The Morgan fingerprint density at radius 3 is 2.25 bits per heavy atom. The van der Waals surface area contributed by atoms with E-state index in [1.54, 1.807) is 0 Å². The maximum absolute atomic E-state index is 6.34. The molecule has 0 heterocycles. The molecule has 0 saturated carbocycles. The van der Waals surface area contributed by atoms with Gasteiger partial charge in [-0.1, -0.05) is 45.3 Å². The normalized spacial score (nSPS) is 15.3. The molecule has 0 aromatic rings. The van der Waals surface area contributed by atoms with Crippen LogP contribution in [0.1, 0.15) is 60.8 Å². The van der Waals surface area contributed by atoms with Gasteiger partial charge in [0.2, 0.25) is 0 Å². The molecular weight excluding hydrogens is 260 g/mol. The molecule has 1 nitrogen and oxygen atoms in total. The van der Waals surface area contributed by atoms with Gasteiger partial charge in [-0.3, -0.25) is 0 Å². The topological polar surface area (TPSA) is 9.23 Å². The smallest absolute Gasteiger partial charge is 0.193 e. The molecule has 0 aromatic carbocycles. The molecule has 0 saturated heterocycles. The molecule has 0 aliphatic carbocycles. The van der Waals surface area contributed by atoms with E-state index in [0.717, 1.165) is 12.8 Å². The van der Waals surface area contributed by atoms with E-state index in [9.17, 15) is 0 Å². The first-order chi connectivity index (χ1) is 8.99. The standard InChI is InChI=1S/C18H34OSi/c1-10-17(19-20(8,9)18(5,6)7)14-16(4)13-11-12-15(2)3/h1,12,16-17H,11,13-14H2,2-9H3/t16-,17+/m0/s1. The van der Waals surface area contributed by atoms with E-state index in [-0.39, 0.29) is 11.1 Å². The molecule has 0 bridgehead atoms. The molecule has 2 atom stereocenters. The molecule has 0 unspecified atom stereocenters. The summed E-state index contributed by atoms with van der Waals surface area (Å²) in [4.78, 5) is 0. The molecular formula is C18H34OSi. The van der Waals surface area contributed by atoms with Crippen LogP contribution in [0.2, 0.25) is 18.1 Å². The van der Waals surface area contributed by atoms with Crippen molar-refractivity contribution in [1.29, 1.82) is 0 Å². The molecule has 0 amide bonds. The van der Waals surface area contributed by atoms with E-state index >= 15 is 0 Å². The minimum absolute atomic E-state index is 0.0300. The number of hydrogen-bond acceptors (Lipinski definition) is 1. The van der Waals surface area contributed by atoms with Gasteiger partial charge in [-0.15, -0.1) is 6.42 Å². The van der Waals surface area contributed by atoms with Crippen LogP contribution in [-0.2, 0) is 4.43 Å². The largest absolute Gasteiger partial charge is 0.403 e. The van der Waals surface area contributed by atoms with E-state index in [1.165, 1.54) is 12.0 Å². The molecule has 116 valence electrons. The molecule has 0 rings (SSSR count). The fourth-order valence-electron chi connectivity index (χ4n) is 1.82. The zero-order valence-corrected chi connectivity index (χ0v) is 15.8. The minimum atomic E-state index is -1.76. The summed E-state index contributed by atoms with van der Waals surface area (Å²) in [6.07, 6.45) is 11.3. The highest BCUT2D eigenvalue weighted by atomic mass is 28.4. The number of allylic oxidation sites excluding steroid dienone is 2. The Morgan fingerprint density at radius 1 is 1.30 bits per heavy atom. The quantitative estimate of drug-likeness (QED) is 0.328. The fraction of sp³-hybridized carbons (Fsp3) is 0.778. The van der Waals surface area contributed by atoms with Crippen LogP contribution in [0.15, 0.2) is 11.6 Å². The zero-order chi connectivity index (χ0) is 16.0. The molecule has 0 aliphatic heterocycles. The second kappa shape index (κ2) is 8.05. The first kappa shape index (κ1) is 19.5. The predicted molar refractivity (Wildman–Crippen MR) is 93.3 cm³/mol. The Hall–Kier alpha value is -0.523. The Labute approximate surface area is 128 Å². The molecule has 0 aliphatic rings. The highest BCUT2D eigenvalue weighted by Crippen LogP contribution is 2.37. The monoisotopic (exact) mass is 294 g/mol. The van der Waals surface area contributed by atoms with Gasteiger partial charge < -0.3 is 4.43 Å². The maximum Gasteiger partial charge on any atom is 0.193 e. The first-order valence-electron chi connectivity index (χ1n) is 7.77. The molecule has 0 fully saturated rings. The van der Waals surface area contributed by atoms with Gasteiger partial charge in [0.1, 0.15) is 6.10 Å². The summed E-state index contributed by atoms with van der Waals surface area (Å²) in [7, 11) is -1.76. The van der Waals surface area contributed by atoms with Gasteiger partial charge in [-0.2, -0.15) is 0 Å². The molecule has 0 spiro atoms. The lowest BCUT2D eigenvalue weighted by Gasteiger charge is -2.38. The number of hydrogen-bond donors (Lipinski definition) is 0. The van der Waals surface area contributed by atoms with Crippen molar-refractivity contribution in [1.82, 2.24) is 0 Å². The van der Waals surface area contributed by atoms with Crippen LogP contribution < -0.4 is 0 Å². The summed E-state index contributed by atoms with van der Waals surface area (Å²) >= 11 is 0. The summed E-state index contributed by atoms with van der Waals surface area (Å²) in [6, 6.07) is 0. The Balaban J connectivity index is 4.43. The predicted octanol–water partition coefficient (Wildman–Crippen LogP) is 5.78. The SMILES string of the molecule is C#C[C@H](C[C@@H](C)CCC=C(C)C)O[Si](C)(C)C(C)(C)C. The van der Waals surface area contributed by atoms with Crippen molar-refractivity contribution in [2.45, 2.75) is 85.0 Å². The Morgan fingerprint density at radius 2 is 1.85 bits per heavy atom. The van der Waals surface area contributed by atoms with Gasteiger partial charge in [0, 0.05) is 0 Å². The van der Waals surface area contributed by atoms with E-state index in [4.69, 9.17) is 10.8 Å². The molecule has 0 aromatic heterocycles. The van der Waals surface area contributed by atoms with Crippen LogP contribution >= 0.6 is 0 Å². The van der Waals surface area contributed by atoms with Crippen molar-refractivity contribution in [2.24, 2.45) is 5.92 Å². The summed E-state index contributed by atoms with van der Waals surface area (Å²) in [6.45, 7) is 17.9. The lowest BCUT2D eigenvalue weighted by Crippen LogP contribution is -2.44. The van der Waals surface area contributed by atoms with Gasteiger partial charge in [-0.05, 0) is 57.2 Å². The van der Waals surface area contributed by atoms with Gasteiger partial charge in [0.15, 0.2) is 8.32 Å². The van der Waals surface area contributed by atoms with Gasteiger partial charge in [0.05, 0.1) is 0 Å². The summed E-state index contributed by atoms with van der Waals surface area (Å²) < 4.78 is 6.34. The van der Waals surface area contributed by atoms with Gasteiger partial charge in [-0.25, -0.2) is 0 Å². The molecule has 2 heteroatoms. The third kappa shape index (κ3) is 7.31. The second-order valence-corrected chi connectivity index (χ2v) is 12.5. The van der Waals surface area contributed by atoms with E-state index in [2.05, 4.69) is 66.6 Å². The summed E-state index contributed by atoms with van der Waals surface area (Å²) in [5.74, 6) is 3.47. The number of rotatable bonds is 7. The second-order valence-electron chi connectivity index (χ2n) is 7.73. The first-order valence-corrected chi connectivity index (χ1v) is 10.7. The third-order valence-electron chi connectivity index (χ3n) is 4.26. The highest BCUT2D eigenvalue weighted by Gasteiger charge is 2.39. The van der Waals surface area contributed by atoms with E-state index < -0.39 is 8.32 Å².